The molecule has 0 fully saturated rings. The summed E-state index contributed by atoms with van der Waals surface area (Å²) in [5.41, 5.74) is 0. The van der Waals surface area contributed by atoms with Gasteiger partial charge in [-0.2, -0.15) is 11.3 Å². The highest BCUT2D eigenvalue weighted by Crippen LogP contribution is 2.33. The van der Waals surface area contributed by atoms with Gasteiger partial charge in [-0.25, -0.2) is 0 Å². The van der Waals surface area contributed by atoms with Gasteiger partial charge < -0.3 is 18.9 Å². The minimum absolute atomic E-state index is 0.663. The molecule has 0 radical (unpaired) electrons. The number of hydrogen-bond donors (Lipinski definition) is 0. The lowest BCUT2D eigenvalue weighted by Crippen LogP contribution is -2.13. The lowest BCUT2D eigenvalue weighted by atomic mass is 10.0. The van der Waals surface area contributed by atoms with Gasteiger partial charge in [0.25, 0.3) is 0 Å². The van der Waals surface area contributed by atoms with Crippen LogP contribution in [0.1, 0.15) is 79.1 Å². The first-order valence-corrected chi connectivity index (χ1v) is 16.4. The van der Waals surface area contributed by atoms with Crippen molar-refractivity contribution >= 4 is 34.0 Å². The van der Waals surface area contributed by atoms with E-state index in [0.29, 0.717) is 11.8 Å². The van der Waals surface area contributed by atoms with Crippen LogP contribution in [0.25, 0.3) is 0 Å². The van der Waals surface area contributed by atoms with Crippen molar-refractivity contribution in [2.75, 3.05) is 27.4 Å². The molecule has 4 nitrogen and oxygen atoms in total. The molecular formula is C30H48O4S3. The predicted molar refractivity (Wildman–Crippen MR) is 164 cm³/mol. The molecule has 2 atom stereocenters. The van der Waals surface area contributed by atoms with Gasteiger partial charge in [0, 0.05) is 21.5 Å². The smallest absolute Gasteiger partial charge is 0.171 e. The van der Waals surface area contributed by atoms with Crippen LogP contribution < -0.4 is 18.9 Å². The quantitative estimate of drug-likeness (QED) is 0.172. The van der Waals surface area contributed by atoms with Crippen molar-refractivity contribution in [3.8, 4) is 23.0 Å². The average molecular weight is 569 g/mol. The first-order chi connectivity index (χ1) is 18.1. The maximum absolute atomic E-state index is 6.06. The number of unbranched alkanes of at least 4 members (excludes halogenated alkanes) is 2. The number of hydrogen-bond acceptors (Lipinski definition) is 7. The highest BCUT2D eigenvalue weighted by molar-refractivity contribution is 7.08. The third-order valence-electron chi connectivity index (χ3n) is 6.09. The van der Waals surface area contributed by atoms with Crippen molar-refractivity contribution in [1.82, 2.24) is 0 Å². The molecule has 0 aromatic carbocycles. The number of ether oxygens (including phenoxy) is 4. The van der Waals surface area contributed by atoms with E-state index < -0.39 is 0 Å². The van der Waals surface area contributed by atoms with E-state index in [1.165, 1.54) is 51.4 Å². The largest absolute Gasteiger partial charge is 0.492 e. The summed E-state index contributed by atoms with van der Waals surface area (Å²) in [5, 5.41) is 12.0. The Morgan fingerprint density at radius 1 is 0.595 bits per heavy atom. The Balaban J connectivity index is 0.000000392. The van der Waals surface area contributed by atoms with Crippen LogP contribution in [0, 0.1) is 11.8 Å². The van der Waals surface area contributed by atoms with Gasteiger partial charge in [-0.3, -0.25) is 0 Å². The van der Waals surface area contributed by atoms with E-state index in [-0.39, 0.29) is 0 Å². The van der Waals surface area contributed by atoms with Crippen LogP contribution in [-0.4, -0.2) is 27.4 Å². The molecule has 3 heterocycles. The molecule has 2 unspecified atom stereocenters. The molecule has 0 saturated heterocycles. The van der Waals surface area contributed by atoms with Crippen molar-refractivity contribution in [3.05, 3.63) is 44.4 Å². The molecule has 37 heavy (non-hydrogen) atoms. The normalized spacial score (nSPS) is 11.8. The van der Waals surface area contributed by atoms with E-state index in [1.807, 2.05) is 33.7 Å². The zero-order valence-electron chi connectivity index (χ0n) is 23.7. The van der Waals surface area contributed by atoms with Gasteiger partial charge in [-0.15, -0.1) is 22.7 Å². The number of thiophene rings is 3. The highest BCUT2D eigenvalue weighted by atomic mass is 32.1. The molecule has 0 bridgehead atoms. The van der Waals surface area contributed by atoms with Crippen LogP contribution in [-0.2, 0) is 0 Å². The van der Waals surface area contributed by atoms with Crippen molar-refractivity contribution in [2.45, 2.75) is 79.1 Å². The zero-order chi connectivity index (χ0) is 27.1. The van der Waals surface area contributed by atoms with Gasteiger partial charge in [0.2, 0.25) is 0 Å². The summed E-state index contributed by atoms with van der Waals surface area (Å²) in [6.07, 6.45) is 10.0. The molecule has 0 aliphatic carbocycles. The van der Waals surface area contributed by atoms with Crippen molar-refractivity contribution in [2.24, 2.45) is 11.8 Å². The Hall–Kier alpha value is -1.70. The Bertz CT molecular complexity index is 790. The first-order valence-electron chi connectivity index (χ1n) is 13.6. The van der Waals surface area contributed by atoms with Crippen LogP contribution in [0.15, 0.2) is 44.4 Å². The van der Waals surface area contributed by atoms with E-state index in [0.717, 1.165) is 36.2 Å². The average Bonchev–Trinajstić information content (AvgIpc) is 3.73. The molecule has 7 heteroatoms. The monoisotopic (exact) mass is 568 g/mol. The maximum atomic E-state index is 6.06. The topological polar surface area (TPSA) is 36.9 Å². The van der Waals surface area contributed by atoms with Gasteiger partial charge in [-0.1, -0.05) is 78.4 Å². The summed E-state index contributed by atoms with van der Waals surface area (Å²) in [5.74, 6) is 4.82. The zero-order valence-corrected chi connectivity index (χ0v) is 26.2. The van der Waals surface area contributed by atoms with E-state index in [4.69, 9.17) is 18.9 Å². The summed E-state index contributed by atoms with van der Waals surface area (Å²) in [4.78, 5) is 0. The minimum atomic E-state index is 0.663. The van der Waals surface area contributed by atoms with Gasteiger partial charge in [-0.05, 0) is 35.4 Å². The molecule has 0 amide bonds. The van der Waals surface area contributed by atoms with Crippen LogP contribution in [0.4, 0.5) is 0 Å². The fraction of sp³-hybridized carbons (Fsp3) is 0.600. The second kappa shape index (κ2) is 22.3. The minimum Gasteiger partial charge on any atom is -0.492 e. The van der Waals surface area contributed by atoms with Crippen LogP contribution >= 0.6 is 34.0 Å². The highest BCUT2D eigenvalue weighted by Gasteiger charge is 2.13. The fourth-order valence-electron chi connectivity index (χ4n) is 3.49. The summed E-state index contributed by atoms with van der Waals surface area (Å²) >= 11 is 4.95. The molecule has 0 aliphatic rings. The van der Waals surface area contributed by atoms with Crippen molar-refractivity contribution in [1.29, 1.82) is 0 Å². The molecule has 3 aromatic rings. The Kier molecular flexibility index (Phi) is 20.1. The van der Waals surface area contributed by atoms with E-state index in [1.54, 1.807) is 48.2 Å². The molecule has 0 spiro atoms. The summed E-state index contributed by atoms with van der Waals surface area (Å²) in [6, 6.07) is 4.04. The standard InChI is InChI=1S/C20H36O2S.C6H8O2S.C4H4S/c1-5-9-11-17(7-3)13-21-19-15-23-16-20(19)22-14-18(8-4)12-10-6-2;1-7-5-3-9-4-6(5)8-2;1-2-4-5-3-1/h15-18H,5-14H2,1-4H3;3-4H,1-2H3;1-4H. The summed E-state index contributed by atoms with van der Waals surface area (Å²) in [7, 11) is 3.26. The second-order valence-electron chi connectivity index (χ2n) is 8.86. The Labute approximate surface area is 238 Å². The fourth-order valence-corrected chi connectivity index (χ4v) is 5.37. The lowest BCUT2D eigenvalue weighted by molar-refractivity contribution is 0.200. The molecule has 3 aromatic heterocycles. The molecule has 0 saturated carbocycles. The summed E-state index contributed by atoms with van der Waals surface area (Å²) in [6.45, 7) is 10.7. The Morgan fingerprint density at radius 3 is 1.30 bits per heavy atom. The number of methoxy groups -OCH3 is 2. The SMILES string of the molecule is CCCCC(CC)COc1cscc1OCC(CC)CCCC.COc1cscc1OC.c1ccsc1. The van der Waals surface area contributed by atoms with Crippen LogP contribution in [0.3, 0.4) is 0 Å². The Morgan fingerprint density at radius 2 is 1.00 bits per heavy atom. The van der Waals surface area contributed by atoms with E-state index in [9.17, 15) is 0 Å². The van der Waals surface area contributed by atoms with Crippen LogP contribution in [0.2, 0.25) is 0 Å². The third-order valence-corrected chi connectivity index (χ3v) is 8.12. The van der Waals surface area contributed by atoms with Gasteiger partial charge in [0.05, 0.1) is 27.4 Å². The maximum Gasteiger partial charge on any atom is 0.171 e. The summed E-state index contributed by atoms with van der Waals surface area (Å²) < 4.78 is 22.0. The lowest BCUT2D eigenvalue weighted by Gasteiger charge is -2.18. The van der Waals surface area contributed by atoms with Crippen molar-refractivity contribution in [3.63, 3.8) is 0 Å². The van der Waals surface area contributed by atoms with Gasteiger partial charge >= 0.3 is 0 Å². The molecule has 0 N–H and O–H groups in total. The van der Waals surface area contributed by atoms with Gasteiger partial charge in [0.15, 0.2) is 23.0 Å². The molecule has 3 rings (SSSR count). The van der Waals surface area contributed by atoms with Gasteiger partial charge in [0.1, 0.15) is 0 Å². The predicted octanol–water partition coefficient (Wildman–Crippen LogP) is 10.5. The van der Waals surface area contributed by atoms with E-state index in [2.05, 4.69) is 38.5 Å². The molecule has 210 valence electrons. The molecular weight excluding hydrogens is 521 g/mol. The number of rotatable bonds is 16. The van der Waals surface area contributed by atoms with Crippen LogP contribution in [0.5, 0.6) is 23.0 Å². The van der Waals surface area contributed by atoms with E-state index >= 15 is 0 Å². The molecule has 0 aliphatic heterocycles. The van der Waals surface area contributed by atoms with Crippen molar-refractivity contribution < 1.29 is 18.9 Å². The second-order valence-corrected chi connectivity index (χ2v) is 11.2. The third kappa shape index (κ3) is 14.7. The first kappa shape index (κ1) is 33.3.